The number of hydrogen-bond donors (Lipinski definition) is 0. The number of fused-ring (bicyclic) bond motifs is 1. The molecular weight excluding hydrogens is 403 g/mol. The molecule has 0 saturated heterocycles. The summed E-state index contributed by atoms with van der Waals surface area (Å²) in [5, 5.41) is 1.14. The van der Waals surface area contributed by atoms with E-state index in [1.165, 1.54) is 11.6 Å². The monoisotopic (exact) mass is 420 g/mol. The molecule has 4 aromatic rings. The molecule has 0 aliphatic heterocycles. The number of hydrogen-bond acceptors (Lipinski definition) is 1. The van der Waals surface area contributed by atoms with Crippen LogP contribution in [-0.4, -0.2) is 10.8 Å². The first kappa shape index (κ1) is 17.7. The summed E-state index contributed by atoms with van der Waals surface area (Å²) in [4.78, 5) is 4.59. The Morgan fingerprint density at radius 3 is 2.74 bits per heavy atom. The molecule has 0 radical (unpaired) electrons. The smallest absolute Gasteiger partial charge is 0.123 e. The summed E-state index contributed by atoms with van der Waals surface area (Å²) >= 11 is 3.56. The van der Waals surface area contributed by atoms with Gasteiger partial charge in [-0.3, -0.25) is 4.99 Å². The highest BCUT2D eigenvalue weighted by atomic mass is 79.9. The average Bonchev–Trinajstić information content (AvgIpc) is 3.03. The van der Waals surface area contributed by atoms with Crippen molar-refractivity contribution in [1.29, 1.82) is 0 Å². The third-order valence-electron chi connectivity index (χ3n) is 4.49. The Kier molecular flexibility index (Phi) is 4.90. The molecule has 0 aliphatic carbocycles. The first-order valence-electron chi connectivity index (χ1n) is 8.72. The summed E-state index contributed by atoms with van der Waals surface area (Å²) in [7, 11) is 0. The first-order chi connectivity index (χ1) is 13.1. The molecule has 0 aliphatic rings. The van der Waals surface area contributed by atoms with Crippen LogP contribution in [0.15, 0.2) is 82.4 Å². The van der Waals surface area contributed by atoms with Crippen LogP contribution in [0.3, 0.4) is 0 Å². The van der Waals surface area contributed by atoms with Crippen LogP contribution in [-0.2, 0) is 6.54 Å². The molecule has 134 valence electrons. The molecule has 4 rings (SSSR count). The predicted molar refractivity (Wildman–Crippen MR) is 114 cm³/mol. The molecule has 0 spiro atoms. The molecule has 4 heteroatoms. The van der Waals surface area contributed by atoms with Gasteiger partial charge in [-0.1, -0.05) is 24.3 Å². The van der Waals surface area contributed by atoms with Crippen molar-refractivity contribution in [3.05, 3.63) is 99.9 Å². The van der Waals surface area contributed by atoms with Gasteiger partial charge >= 0.3 is 0 Å². The van der Waals surface area contributed by atoms with E-state index in [2.05, 4.69) is 62.7 Å². The maximum Gasteiger partial charge on any atom is 0.123 e. The zero-order valence-corrected chi connectivity index (χ0v) is 16.4. The topological polar surface area (TPSA) is 17.3 Å². The van der Waals surface area contributed by atoms with Crippen molar-refractivity contribution < 1.29 is 4.39 Å². The van der Waals surface area contributed by atoms with E-state index in [0.29, 0.717) is 6.54 Å². The predicted octanol–water partition coefficient (Wildman–Crippen LogP) is 6.65. The fraction of sp³-hybridized carbons (Fsp3) is 0.0870. The van der Waals surface area contributed by atoms with E-state index < -0.39 is 0 Å². The second kappa shape index (κ2) is 7.49. The first-order valence-corrected chi connectivity index (χ1v) is 9.51. The minimum absolute atomic E-state index is 0.204. The van der Waals surface area contributed by atoms with Gasteiger partial charge < -0.3 is 4.57 Å². The van der Waals surface area contributed by atoms with Crippen molar-refractivity contribution >= 4 is 38.7 Å². The Morgan fingerprint density at radius 1 is 1.04 bits per heavy atom. The second-order valence-electron chi connectivity index (χ2n) is 6.60. The fourth-order valence-electron chi connectivity index (χ4n) is 3.13. The average molecular weight is 421 g/mol. The molecule has 0 bridgehead atoms. The summed E-state index contributed by atoms with van der Waals surface area (Å²) in [6.45, 7) is 2.70. The van der Waals surface area contributed by atoms with Gasteiger partial charge in [0.1, 0.15) is 5.82 Å². The number of benzene rings is 3. The number of aliphatic imine (C=N–C) groups is 1. The van der Waals surface area contributed by atoms with Crippen molar-refractivity contribution in [3.8, 4) is 0 Å². The molecule has 0 atom stereocenters. The number of halogens is 2. The second-order valence-corrected chi connectivity index (χ2v) is 7.46. The van der Waals surface area contributed by atoms with E-state index in [1.54, 1.807) is 12.1 Å². The van der Waals surface area contributed by atoms with E-state index in [0.717, 1.165) is 32.2 Å². The van der Waals surface area contributed by atoms with E-state index in [1.807, 2.05) is 30.6 Å². The lowest BCUT2D eigenvalue weighted by Gasteiger charge is -2.06. The minimum atomic E-state index is -0.204. The molecule has 1 aromatic heterocycles. The van der Waals surface area contributed by atoms with Gasteiger partial charge in [-0.15, -0.1) is 0 Å². The molecular formula is C23H18BrFN2. The molecule has 27 heavy (non-hydrogen) atoms. The van der Waals surface area contributed by atoms with Crippen LogP contribution in [0.2, 0.25) is 0 Å². The Labute approximate surface area is 166 Å². The molecule has 1 heterocycles. The van der Waals surface area contributed by atoms with Gasteiger partial charge in [0.2, 0.25) is 0 Å². The number of aromatic nitrogens is 1. The summed E-state index contributed by atoms with van der Waals surface area (Å²) < 4.78 is 16.5. The van der Waals surface area contributed by atoms with Crippen LogP contribution < -0.4 is 0 Å². The molecule has 0 N–H and O–H groups in total. The SMILES string of the molecule is Cc1ccc(N=Cc2ccc3c(ccn3Cc3cccc(F)c3)c2)c(Br)c1. The Hall–Kier alpha value is -2.72. The van der Waals surface area contributed by atoms with Gasteiger partial charge in [-0.25, -0.2) is 4.39 Å². The van der Waals surface area contributed by atoms with Crippen LogP contribution in [0.1, 0.15) is 16.7 Å². The van der Waals surface area contributed by atoms with Crippen molar-refractivity contribution in [2.24, 2.45) is 4.99 Å². The summed E-state index contributed by atoms with van der Waals surface area (Å²) in [5.41, 5.74) is 5.21. The standard InChI is InChI=1S/C23H18BrFN2/c1-16-5-7-22(21(24)11-16)26-14-17-6-8-23-19(12-17)9-10-27(23)15-18-3-2-4-20(25)13-18/h2-14H,15H2,1H3. The molecule has 0 amide bonds. The molecule has 0 unspecified atom stereocenters. The summed E-state index contributed by atoms with van der Waals surface area (Å²) in [6.07, 6.45) is 3.91. The Morgan fingerprint density at radius 2 is 1.93 bits per heavy atom. The van der Waals surface area contributed by atoms with Crippen molar-refractivity contribution in [3.63, 3.8) is 0 Å². The Bertz CT molecular complexity index is 1140. The highest BCUT2D eigenvalue weighted by Crippen LogP contribution is 2.26. The van der Waals surface area contributed by atoms with Gasteiger partial charge in [0.25, 0.3) is 0 Å². The van der Waals surface area contributed by atoms with Crippen molar-refractivity contribution in [2.75, 3.05) is 0 Å². The number of aryl methyl sites for hydroxylation is 1. The minimum Gasteiger partial charge on any atom is -0.343 e. The van der Waals surface area contributed by atoms with Crippen LogP contribution in [0.25, 0.3) is 10.9 Å². The lowest BCUT2D eigenvalue weighted by molar-refractivity contribution is 0.624. The lowest BCUT2D eigenvalue weighted by Crippen LogP contribution is -1.98. The molecule has 2 nitrogen and oxygen atoms in total. The van der Waals surface area contributed by atoms with Gasteiger partial charge in [-0.05, 0) is 82.0 Å². The molecule has 0 saturated carbocycles. The highest BCUT2D eigenvalue weighted by Gasteiger charge is 2.04. The normalized spacial score (nSPS) is 11.5. The number of nitrogens with zero attached hydrogens (tertiary/aromatic N) is 2. The van der Waals surface area contributed by atoms with Gasteiger partial charge in [0, 0.05) is 34.3 Å². The van der Waals surface area contributed by atoms with E-state index in [9.17, 15) is 4.39 Å². The number of rotatable bonds is 4. The summed E-state index contributed by atoms with van der Waals surface area (Å²) in [5.74, 6) is -0.204. The van der Waals surface area contributed by atoms with Crippen molar-refractivity contribution in [2.45, 2.75) is 13.5 Å². The van der Waals surface area contributed by atoms with Gasteiger partial charge in [-0.2, -0.15) is 0 Å². The third kappa shape index (κ3) is 4.01. The summed E-state index contributed by atoms with van der Waals surface area (Å²) in [6, 6.07) is 21.2. The van der Waals surface area contributed by atoms with E-state index >= 15 is 0 Å². The Balaban J connectivity index is 1.59. The maximum absolute atomic E-state index is 13.4. The lowest BCUT2D eigenvalue weighted by atomic mass is 10.1. The van der Waals surface area contributed by atoms with Crippen LogP contribution in [0, 0.1) is 12.7 Å². The van der Waals surface area contributed by atoms with Crippen LogP contribution >= 0.6 is 15.9 Å². The largest absolute Gasteiger partial charge is 0.343 e. The van der Waals surface area contributed by atoms with E-state index in [-0.39, 0.29) is 5.82 Å². The highest BCUT2D eigenvalue weighted by molar-refractivity contribution is 9.10. The molecule has 0 fully saturated rings. The maximum atomic E-state index is 13.4. The fourth-order valence-corrected chi connectivity index (χ4v) is 3.73. The van der Waals surface area contributed by atoms with Crippen molar-refractivity contribution in [1.82, 2.24) is 4.57 Å². The quantitative estimate of drug-likeness (QED) is 0.328. The van der Waals surface area contributed by atoms with Gasteiger partial charge in [0.05, 0.1) is 5.69 Å². The zero-order chi connectivity index (χ0) is 18.8. The molecule has 3 aromatic carbocycles. The zero-order valence-electron chi connectivity index (χ0n) is 14.9. The van der Waals surface area contributed by atoms with Crippen LogP contribution in [0.4, 0.5) is 10.1 Å². The third-order valence-corrected chi connectivity index (χ3v) is 5.13. The van der Waals surface area contributed by atoms with E-state index in [4.69, 9.17) is 0 Å². The van der Waals surface area contributed by atoms with Gasteiger partial charge in [0.15, 0.2) is 0 Å². The van der Waals surface area contributed by atoms with Crippen LogP contribution in [0.5, 0.6) is 0 Å².